The Hall–Kier alpha value is -1.04. The largest absolute Gasteiger partial charge is 0.324 e. The van der Waals surface area contributed by atoms with Gasteiger partial charge in [-0.25, -0.2) is 8.78 Å². The molecule has 198 valence electrons. The van der Waals surface area contributed by atoms with E-state index in [0.29, 0.717) is 12.0 Å². The lowest BCUT2D eigenvalue weighted by atomic mass is 9.91. The summed E-state index contributed by atoms with van der Waals surface area (Å²) in [5.41, 5.74) is 0.700. The summed E-state index contributed by atoms with van der Waals surface area (Å²) in [6.45, 7) is 14.3. The zero-order valence-corrected chi connectivity index (χ0v) is 22.8. The number of ether oxygens (including phenoxy) is 3. The SMILES string of the molecule is CCCCCCCCC(CCCCc1cc(F)cc(F)c1)C(OC(C)C)(OC(C)C)OC(C)C. The van der Waals surface area contributed by atoms with E-state index in [-0.39, 0.29) is 24.2 Å². The van der Waals surface area contributed by atoms with E-state index in [2.05, 4.69) is 6.92 Å². The van der Waals surface area contributed by atoms with Crippen LogP contribution in [0.1, 0.15) is 118 Å². The molecule has 0 saturated carbocycles. The van der Waals surface area contributed by atoms with Gasteiger partial charge in [0.1, 0.15) is 11.6 Å². The summed E-state index contributed by atoms with van der Waals surface area (Å²) in [4.78, 5) is 0. The molecule has 0 saturated heterocycles. The summed E-state index contributed by atoms with van der Waals surface area (Å²) < 4.78 is 46.4. The van der Waals surface area contributed by atoms with Crippen LogP contribution in [0.25, 0.3) is 0 Å². The van der Waals surface area contributed by atoms with Gasteiger partial charge in [-0.3, -0.25) is 0 Å². The molecule has 0 spiro atoms. The van der Waals surface area contributed by atoms with Crippen LogP contribution in [0.5, 0.6) is 0 Å². The minimum atomic E-state index is -1.09. The maximum absolute atomic E-state index is 13.5. The third kappa shape index (κ3) is 12.6. The van der Waals surface area contributed by atoms with Crippen LogP contribution in [-0.4, -0.2) is 24.3 Å². The van der Waals surface area contributed by atoms with Crippen molar-refractivity contribution < 1.29 is 23.0 Å². The Kier molecular flexibility index (Phi) is 15.1. The average molecular weight is 485 g/mol. The zero-order valence-electron chi connectivity index (χ0n) is 22.8. The molecule has 0 N–H and O–H groups in total. The number of hydrogen-bond donors (Lipinski definition) is 0. The van der Waals surface area contributed by atoms with Crippen molar-refractivity contribution in [2.75, 3.05) is 0 Å². The highest BCUT2D eigenvalue weighted by atomic mass is 19.1. The third-order valence-corrected chi connectivity index (χ3v) is 5.80. The highest BCUT2D eigenvalue weighted by Gasteiger charge is 2.44. The van der Waals surface area contributed by atoms with Gasteiger partial charge in [-0.1, -0.05) is 51.9 Å². The molecule has 0 aromatic heterocycles. The second-order valence-electron chi connectivity index (χ2n) is 10.4. The first-order chi connectivity index (χ1) is 16.1. The van der Waals surface area contributed by atoms with Crippen molar-refractivity contribution >= 4 is 0 Å². The summed E-state index contributed by atoms with van der Waals surface area (Å²) in [6, 6.07) is 3.77. The van der Waals surface area contributed by atoms with Gasteiger partial charge in [-0.15, -0.1) is 0 Å². The lowest BCUT2D eigenvalue weighted by Gasteiger charge is -2.43. The van der Waals surface area contributed by atoms with E-state index >= 15 is 0 Å². The quantitative estimate of drug-likeness (QED) is 0.145. The summed E-state index contributed by atoms with van der Waals surface area (Å²) in [7, 11) is 0. The predicted octanol–water partition coefficient (Wildman–Crippen LogP) is 8.97. The molecule has 1 aromatic rings. The molecule has 0 radical (unpaired) electrons. The molecule has 5 heteroatoms. The van der Waals surface area contributed by atoms with E-state index in [1.807, 2.05) is 41.5 Å². The maximum Gasteiger partial charge on any atom is 0.286 e. The first-order valence-corrected chi connectivity index (χ1v) is 13.6. The summed E-state index contributed by atoms with van der Waals surface area (Å²) in [5, 5.41) is 0. The van der Waals surface area contributed by atoms with Crippen molar-refractivity contribution in [2.24, 2.45) is 5.92 Å². The van der Waals surface area contributed by atoms with E-state index in [1.165, 1.54) is 44.2 Å². The maximum atomic E-state index is 13.5. The van der Waals surface area contributed by atoms with Gasteiger partial charge in [0, 0.05) is 12.0 Å². The molecule has 1 rings (SSSR count). The van der Waals surface area contributed by atoms with Crippen LogP contribution in [0.15, 0.2) is 18.2 Å². The number of hydrogen-bond acceptors (Lipinski definition) is 3. The molecule has 3 nitrogen and oxygen atoms in total. The standard InChI is InChI=1S/C29H50F2O3/c1-8-9-10-11-12-13-17-26(18-15-14-16-25-19-27(30)21-28(31)20-25)29(32-22(2)3,33-23(4)5)34-24(6)7/h19-24,26H,8-18H2,1-7H3. The van der Waals surface area contributed by atoms with Crippen molar-refractivity contribution in [3.63, 3.8) is 0 Å². The number of rotatable bonds is 19. The second kappa shape index (κ2) is 16.6. The molecule has 0 bridgehead atoms. The first-order valence-electron chi connectivity index (χ1n) is 13.6. The number of benzene rings is 1. The Labute approximate surface area is 207 Å². The Morgan fingerprint density at radius 1 is 0.647 bits per heavy atom. The van der Waals surface area contributed by atoms with Crippen LogP contribution in [0.3, 0.4) is 0 Å². The molecule has 0 aliphatic rings. The minimum Gasteiger partial charge on any atom is -0.324 e. The van der Waals surface area contributed by atoms with Crippen molar-refractivity contribution in [3.8, 4) is 0 Å². The second-order valence-corrected chi connectivity index (χ2v) is 10.4. The van der Waals surface area contributed by atoms with Crippen molar-refractivity contribution in [2.45, 2.75) is 143 Å². The smallest absolute Gasteiger partial charge is 0.286 e. The van der Waals surface area contributed by atoms with Crippen LogP contribution in [0.4, 0.5) is 8.78 Å². The van der Waals surface area contributed by atoms with Gasteiger partial charge >= 0.3 is 0 Å². The van der Waals surface area contributed by atoms with Gasteiger partial charge in [0.25, 0.3) is 5.97 Å². The molecule has 0 aliphatic heterocycles. The van der Waals surface area contributed by atoms with Gasteiger partial charge < -0.3 is 14.2 Å². The monoisotopic (exact) mass is 484 g/mol. The minimum absolute atomic E-state index is 0.0418. The van der Waals surface area contributed by atoms with Crippen molar-refractivity contribution in [1.29, 1.82) is 0 Å². The predicted molar refractivity (Wildman–Crippen MR) is 137 cm³/mol. The van der Waals surface area contributed by atoms with E-state index in [1.54, 1.807) is 0 Å². The first kappa shape index (κ1) is 31.0. The fourth-order valence-corrected chi connectivity index (χ4v) is 4.50. The van der Waals surface area contributed by atoms with Gasteiger partial charge in [-0.2, -0.15) is 0 Å². The molecule has 1 unspecified atom stereocenters. The van der Waals surface area contributed by atoms with Crippen LogP contribution in [0, 0.1) is 17.6 Å². The number of halogens is 2. The van der Waals surface area contributed by atoms with Crippen LogP contribution >= 0.6 is 0 Å². The summed E-state index contributed by atoms with van der Waals surface area (Å²) >= 11 is 0. The molecule has 34 heavy (non-hydrogen) atoms. The molecule has 1 atom stereocenters. The summed E-state index contributed by atoms with van der Waals surface area (Å²) in [5.74, 6) is -2.05. The van der Waals surface area contributed by atoms with Gasteiger partial charge in [0.2, 0.25) is 0 Å². The lowest BCUT2D eigenvalue weighted by Crippen LogP contribution is -2.50. The Balaban J connectivity index is 2.93. The molecule has 0 heterocycles. The van der Waals surface area contributed by atoms with Crippen LogP contribution in [-0.2, 0) is 20.6 Å². The molecule has 1 aromatic carbocycles. The Bertz CT molecular complexity index is 614. The molecule has 0 fully saturated rings. The topological polar surface area (TPSA) is 27.7 Å². The fourth-order valence-electron chi connectivity index (χ4n) is 4.50. The fraction of sp³-hybridized carbons (Fsp3) is 0.793. The van der Waals surface area contributed by atoms with Gasteiger partial charge in [0.15, 0.2) is 0 Å². The Morgan fingerprint density at radius 2 is 1.09 bits per heavy atom. The normalized spacial score (nSPS) is 13.4. The highest BCUT2D eigenvalue weighted by Crippen LogP contribution is 2.37. The van der Waals surface area contributed by atoms with E-state index in [4.69, 9.17) is 14.2 Å². The number of unbranched alkanes of at least 4 members (excludes halogenated alkanes) is 6. The lowest BCUT2D eigenvalue weighted by molar-refractivity contribution is -0.433. The van der Waals surface area contributed by atoms with Crippen LogP contribution in [0.2, 0.25) is 0 Å². The zero-order chi connectivity index (χ0) is 25.6. The van der Waals surface area contributed by atoms with E-state index in [9.17, 15) is 8.78 Å². The van der Waals surface area contributed by atoms with Crippen LogP contribution < -0.4 is 0 Å². The highest BCUT2D eigenvalue weighted by molar-refractivity contribution is 5.17. The van der Waals surface area contributed by atoms with E-state index < -0.39 is 17.6 Å². The van der Waals surface area contributed by atoms with Gasteiger partial charge in [0.05, 0.1) is 18.3 Å². The molecular formula is C29H50F2O3. The van der Waals surface area contributed by atoms with Gasteiger partial charge in [-0.05, 0) is 84.9 Å². The molecule has 0 amide bonds. The molecular weight excluding hydrogens is 434 g/mol. The van der Waals surface area contributed by atoms with Crippen molar-refractivity contribution in [3.05, 3.63) is 35.4 Å². The molecule has 0 aliphatic carbocycles. The third-order valence-electron chi connectivity index (χ3n) is 5.80. The van der Waals surface area contributed by atoms with Crippen molar-refractivity contribution in [1.82, 2.24) is 0 Å². The Morgan fingerprint density at radius 3 is 1.56 bits per heavy atom. The average Bonchev–Trinajstić information content (AvgIpc) is 2.69. The van der Waals surface area contributed by atoms with E-state index in [0.717, 1.165) is 38.2 Å². The summed E-state index contributed by atoms with van der Waals surface area (Å²) in [6.07, 6.45) is 11.5. The number of aryl methyl sites for hydroxylation is 1.